The molecule has 2 nitrogen and oxygen atoms in total. The van der Waals surface area contributed by atoms with E-state index in [9.17, 15) is 4.39 Å². The van der Waals surface area contributed by atoms with Gasteiger partial charge in [-0.1, -0.05) is 26.8 Å². The Hall–Kier alpha value is -1.09. The summed E-state index contributed by atoms with van der Waals surface area (Å²) in [7, 11) is 0. The summed E-state index contributed by atoms with van der Waals surface area (Å²) < 4.78 is 19.2. The number of halogens is 1. The van der Waals surface area contributed by atoms with E-state index in [0.717, 1.165) is 12.0 Å². The molecule has 0 aromatic heterocycles. The van der Waals surface area contributed by atoms with E-state index < -0.39 is 0 Å². The molecule has 2 N–H and O–H groups in total. The predicted molar refractivity (Wildman–Crippen MR) is 73.2 cm³/mol. The smallest absolute Gasteiger partial charge is 0.165 e. The van der Waals surface area contributed by atoms with Crippen LogP contribution in [0.4, 0.5) is 4.39 Å². The summed E-state index contributed by atoms with van der Waals surface area (Å²) in [4.78, 5) is 0. The number of ether oxygens (including phenoxy) is 1. The summed E-state index contributed by atoms with van der Waals surface area (Å²) in [6.07, 6.45) is 0.783. The monoisotopic (exact) mass is 253 g/mol. The van der Waals surface area contributed by atoms with E-state index in [0.29, 0.717) is 0 Å². The van der Waals surface area contributed by atoms with Gasteiger partial charge < -0.3 is 10.5 Å². The zero-order chi connectivity index (χ0) is 13.9. The van der Waals surface area contributed by atoms with Crippen molar-refractivity contribution in [1.82, 2.24) is 0 Å². The van der Waals surface area contributed by atoms with Crippen molar-refractivity contribution in [3.63, 3.8) is 0 Å². The lowest BCUT2D eigenvalue weighted by atomic mass is 9.86. The third-order valence-corrected chi connectivity index (χ3v) is 2.58. The lowest BCUT2D eigenvalue weighted by Gasteiger charge is -2.23. The standard InChI is InChI=1S/C15H24FNO/c1-10(2)18-14-7-6-11(8-12(14)16)13(17)9-15(3,4)5/h6-8,10,13H,9,17H2,1-5H3. The lowest BCUT2D eigenvalue weighted by Crippen LogP contribution is -2.19. The summed E-state index contributed by atoms with van der Waals surface area (Å²) in [6, 6.07) is 4.84. The summed E-state index contributed by atoms with van der Waals surface area (Å²) in [5, 5.41) is 0. The SMILES string of the molecule is CC(C)Oc1ccc(C(N)CC(C)(C)C)cc1F. The minimum Gasteiger partial charge on any atom is -0.488 e. The molecule has 1 atom stereocenters. The van der Waals surface area contributed by atoms with E-state index in [2.05, 4.69) is 20.8 Å². The average Bonchev–Trinajstić information content (AvgIpc) is 2.17. The zero-order valence-corrected chi connectivity index (χ0v) is 12.0. The van der Waals surface area contributed by atoms with Crippen molar-refractivity contribution < 1.29 is 9.13 Å². The van der Waals surface area contributed by atoms with Crippen LogP contribution in [0.3, 0.4) is 0 Å². The number of hydrogen-bond donors (Lipinski definition) is 1. The van der Waals surface area contributed by atoms with Crippen molar-refractivity contribution >= 4 is 0 Å². The highest BCUT2D eigenvalue weighted by Crippen LogP contribution is 2.29. The van der Waals surface area contributed by atoms with Crippen LogP contribution in [0.5, 0.6) is 5.75 Å². The van der Waals surface area contributed by atoms with Gasteiger partial charge in [0.05, 0.1) is 6.10 Å². The van der Waals surface area contributed by atoms with Crippen molar-refractivity contribution in [1.29, 1.82) is 0 Å². The van der Waals surface area contributed by atoms with Gasteiger partial charge in [-0.15, -0.1) is 0 Å². The third-order valence-electron chi connectivity index (χ3n) is 2.58. The first kappa shape index (κ1) is 15.0. The van der Waals surface area contributed by atoms with Gasteiger partial charge in [0.25, 0.3) is 0 Å². The van der Waals surface area contributed by atoms with Gasteiger partial charge >= 0.3 is 0 Å². The van der Waals surface area contributed by atoms with Crippen molar-refractivity contribution in [2.24, 2.45) is 11.1 Å². The Morgan fingerprint density at radius 3 is 2.33 bits per heavy atom. The lowest BCUT2D eigenvalue weighted by molar-refractivity contribution is 0.231. The number of hydrogen-bond acceptors (Lipinski definition) is 2. The van der Waals surface area contributed by atoms with E-state index in [1.807, 2.05) is 19.9 Å². The molecule has 0 saturated carbocycles. The number of rotatable bonds is 4. The van der Waals surface area contributed by atoms with Gasteiger partial charge in [-0.3, -0.25) is 0 Å². The molecule has 1 aromatic carbocycles. The van der Waals surface area contributed by atoms with E-state index in [-0.39, 0.29) is 29.1 Å². The van der Waals surface area contributed by atoms with E-state index in [1.54, 1.807) is 6.07 Å². The van der Waals surface area contributed by atoms with Crippen molar-refractivity contribution in [2.45, 2.75) is 53.2 Å². The third kappa shape index (κ3) is 4.65. The molecule has 3 heteroatoms. The Labute approximate surface area is 109 Å². The van der Waals surface area contributed by atoms with Crippen LogP contribution in [0.2, 0.25) is 0 Å². The fourth-order valence-corrected chi connectivity index (χ4v) is 1.87. The Kier molecular flexibility index (Phi) is 4.74. The topological polar surface area (TPSA) is 35.2 Å². The van der Waals surface area contributed by atoms with E-state index in [1.165, 1.54) is 6.07 Å². The summed E-state index contributed by atoms with van der Waals surface area (Å²) >= 11 is 0. The number of nitrogens with two attached hydrogens (primary N) is 1. The molecule has 0 amide bonds. The van der Waals surface area contributed by atoms with E-state index in [4.69, 9.17) is 10.5 Å². The molecule has 0 saturated heterocycles. The van der Waals surface area contributed by atoms with Crippen LogP contribution < -0.4 is 10.5 Å². The fraction of sp³-hybridized carbons (Fsp3) is 0.600. The molecular weight excluding hydrogens is 229 g/mol. The van der Waals surface area contributed by atoms with Crippen molar-refractivity contribution in [2.75, 3.05) is 0 Å². The van der Waals surface area contributed by atoms with Gasteiger partial charge in [0.2, 0.25) is 0 Å². The van der Waals surface area contributed by atoms with Gasteiger partial charge in [-0.25, -0.2) is 4.39 Å². The maximum absolute atomic E-state index is 13.8. The molecule has 1 rings (SSSR count). The van der Waals surface area contributed by atoms with Crippen LogP contribution >= 0.6 is 0 Å². The second kappa shape index (κ2) is 5.70. The maximum atomic E-state index is 13.8. The fourth-order valence-electron chi connectivity index (χ4n) is 1.87. The molecule has 1 unspecified atom stereocenters. The summed E-state index contributed by atoms with van der Waals surface area (Å²) in [5.74, 6) is -0.0535. The minimum atomic E-state index is -0.342. The summed E-state index contributed by atoms with van der Waals surface area (Å²) in [5.41, 5.74) is 7.04. The Balaban J connectivity index is 2.83. The van der Waals surface area contributed by atoms with Gasteiger partial charge in [-0.05, 0) is 43.4 Å². The van der Waals surface area contributed by atoms with Crippen molar-refractivity contribution in [3.05, 3.63) is 29.6 Å². The Morgan fingerprint density at radius 2 is 1.89 bits per heavy atom. The van der Waals surface area contributed by atoms with E-state index >= 15 is 0 Å². The van der Waals surface area contributed by atoms with Crippen molar-refractivity contribution in [3.8, 4) is 5.75 Å². The molecule has 0 spiro atoms. The van der Waals surface area contributed by atoms with Gasteiger partial charge in [0, 0.05) is 6.04 Å². The maximum Gasteiger partial charge on any atom is 0.165 e. The Morgan fingerprint density at radius 1 is 1.28 bits per heavy atom. The Bertz CT molecular complexity index is 396. The average molecular weight is 253 g/mol. The minimum absolute atomic E-state index is 0.0337. The van der Waals surface area contributed by atoms with Crippen LogP contribution in [0.15, 0.2) is 18.2 Å². The second-order valence-corrected chi connectivity index (χ2v) is 6.23. The molecule has 0 aliphatic heterocycles. The quantitative estimate of drug-likeness (QED) is 0.878. The molecule has 0 heterocycles. The molecule has 0 bridgehead atoms. The highest BCUT2D eigenvalue weighted by Gasteiger charge is 2.18. The highest BCUT2D eigenvalue weighted by atomic mass is 19.1. The van der Waals surface area contributed by atoms with Crippen LogP contribution in [-0.4, -0.2) is 6.10 Å². The highest BCUT2D eigenvalue weighted by molar-refractivity contribution is 5.31. The van der Waals surface area contributed by atoms with Gasteiger partial charge in [0.15, 0.2) is 11.6 Å². The first-order chi connectivity index (χ1) is 8.19. The van der Waals surface area contributed by atoms with Crippen LogP contribution in [0.25, 0.3) is 0 Å². The van der Waals surface area contributed by atoms with Crippen LogP contribution in [-0.2, 0) is 0 Å². The first-order valence-electron chi connectivity index (χ1n) is 6.41. The predicted octanol–water partition coefficient (Wildman–Crippen LogP) is 4.05. The molecule has 102 valence electrons. The first-order valence-corrected chi connectivity index (χ1v) is 6.41. The molecule has 0 aliphatic carbocycles. The normalized spacial score (nSPS) is 13.8. The van der Waals surface area contributed by atoms with Gasteiger partial charge in [-0.2, -0.15) is 0 Å². The van der Waals surface area contributed by atoms with Gasteiger partial charge in [0.1, 0.15) is 0 Å². The molecule has 1 aromatic rings. The molecule has 18 heavy (non-hydrogen) atoms. The largest absolute Gasteiger partial charge is 0.488 e. The number of benzene rings is 1. The zero-order valence-electron chi connectivity index (χ0n) is 12.0. The van der Waals surface area contributed by atoms with Crippen LogP contribution in [0, 0.1) is 11.2 Å². The molecule has 0 fully saturated rings. The second-order valence-electron chi connectivity index (χ2n) is 6.23. The molecule has 0 aliphatic rings. The molecule has 0 radical (unpaired) electrons. The summed E-state index contributed by atoms with van der Waals surface area (Å²) in [6.45, 7) is 10.1. The van der Waals surface area contributed by atoms with Crippen LogP contribution in [0.1, 0.15) is 52.6 Å². The molecular formula is C15H24FNO.